The van der Waals surface area contributed by atoms with Crippen LogP contribution in [0, 0.1) is 11.8 Å². The normalized spacial score (nSPS) is 27.7. The van der Waals surface area contributed by atoms with Crippen molar-refractivity contribution in [2.24, 2.45) is 11.8 Å². The number of hydrogen-bond donors (Lipinski definition) is 2. The Morgan fingerprint density at radius 2 is 2.33 bits per heavy atom. The smallest absolute Gasteiger partial charge is 0.309 e. The first-order chi connectivity index (χ1) is 7.19. The SMILES string of the molecule is COC(=O)C(C)CNC1CCCC1CO. The molecule has 4 nitrogen and oxygen atoms in total. The number of ether oxygens (including phenoxy) is 1. The first-order valence-electron chi connectivity index (χ1n) is 5.61. The van der Waals surface area contributed by atoms with Gasteiger partial charge in [0.1, 0.15) is 0 Å². The van der Waals surface area contributed by atoms with E-state index in [4.69, 9.17) is 5.11 Å². The van der Waals surface area contributed by atoms with Crippen LogP contribution in [0.2, 0.25) is 0 Å². The molecule has 1 aliphatic rings. The van der Waals surface area contributed by atoms with Gasteiger partial charge in [-0.3, -0.25) is 4.79 Å². The fraction of sp³-hybridized carbons (Fsp3) is 0.909. The number of aliphatic hydroxyl groups is 1. The van der Waals surface area contributed by atoms with E-state index in [1.807, 2.05) is 6.92 Å². The summed E-state index contributed by atoms with van der Waals surface area (Å²) < 4.78 is 4.65. The van der Waals surface area contributed by atoms with E-state index in [1.54, 1.807) is 0 Å². The van der Waals surface area contributed by atoms with Gasteiger partial charge in [-0.2, -0.15) is 0 Å². The Morgan fingerprint density at radius 3 is 2.93 bits per heavy atom. The highest BCUT2D eigenvalue weighted by Crippen LogP contribution is 2.25. The lowest BCUT2D eigenvalue weighted by molar-refractivity contribution is -0.144. The Balaban J connectivity index is 2.27. The molecule has 88 valence electrons. The molecule has 0 aromatic heterocycles. The van der Waals surface area contributed by atoms with Gasteiger partial charge in [0.15, 0.2) is 0 Å². The standard InChI is InChI=1S/C11H21NO3/c1-8(11(14)15-2)6-12-10-5-3-4-9(10)7-13/h8-10,12-13H,3-7H2,1-2H3. The molecule has 3 atom stereocenters. The Bertz CT molecular complexity index is 208. The minimum atomic E-state index is -0.180. The van der Waals surface area contributed by atoms with E-state index in [-0.39, 0.29) is 18.5 Å². The van der Waals surface area contributed by atoms with E-state index in [0.29, 0.717) is 18.5 Å². The van der Waals surface area contributed by atoms with Crippen LogP contribution in [0.4, 0.5) is 0 Å². The van der Waals surface area contributed by atoms with E-state index in [9.17, 15) is 4.79 Å². The molecule has 0 heterocycles. The van der Waals surface area contributed by atoms with Gasteiger partial charge in [0.2, 0.25) is 0 Å². The third-order valence-corrected chi connectivity index (χ3v) is 3.18. The van der Waals surface area contributed by atoms with Gasteiger partial charge in [-0.25, -0.2) is 0 Å². The summed E-state index contributed by atoms with van der Waals surface area (Å²) in [6.07, 6.45) is 3.34. The number of rotatable bonds is 5. The average molecular weight is 215 g/mol. The van der Waals surface area contributed by atoms with Crippen molar-refractivity contribution in [2.75, 3.05) is 20.3 Å². The molecule has 2 N–H and O–H groups in total. The molecular weight excluding hydrogens is 194 g/mol. The molecule has 1 aliphatic carbocycles. The first kappa shape index (κ1) is 12.5. The van der Waals surface area contributed by atoms with E-state index < -0.39 is 0 Å². The third-order valence-electron chi connectivity index (χ3n) is 3.18. The van der Waals surface area contributed by atoms with Gasteiger partial charge in [0.05, 0.1) is 13.0 Å². The zero-order chi connectivity index (χ0) is 11.3. The monoisotopic (exact) mass is 215 g/mol. The molecule has 4 heteroatoms. The molecule has 1 fully saturated rings. The second kappa shape index (κ2) is 6.08. The first-order valence-corrected chi connectivity index (χ1v) is 5.61. The zero-order valence-electron chi connectivity index (χ0n) is 9.53. The molecule has 0 radical (unpaired) electrons. The maximum Gasteiger partial charge on any atom is 0.309 e. The predicted molar refractivity (Wildman–Crippen MR) is 57.4 cm³/mol. The van der Waals surface area contributed by atoms with Crippen LogP contribution in [0.3, 0.4) is 0 Å². The quantitative estimate of drug-likeness (QED) is 0.657. The van der Waals surface area contributed by atoms with Gasteiger partial charge in [-0.05, 0) is 18.8 Å². The Hall–Kier alpha value is -0.610. The topological polar surface area (TPSA) is 58.6 Å². The lowest BCUT2D eigenvalue weighted by atomic mass is 10.0. The fourth-order valence-electron chi connectivity index (χ4n) is 2.14. The summed E-state index contributed by atoms with van der Waals surface area (Å²) in [4.78, 5) is 11.2. The van der Waals surface area contributed by atoms with Crippen molar-refractivity contribution >= 4 is 5.97 Å². The summed E-state index contributed by atoms with van der Waals surface area (Å²) in [5.41, 5.74) is 0. The van der Waals surface area contributed by atoms with Crippen LogP contribution < -0.4 is 5.32 Å². The molecule has 0 bridgehead atoms. The van der Waals surface area contributed by atoms with Crippen molar-refractivity contribution in [1.82, 2.24) is 5.32 Å². The predicted octanol–water partition coefficient (Wildman–Crippen LogP) is 0.546. The van der Waals surface area contributed by atoms with Crippen LogP contribution in [0.1, 0.15) is 26.2 Å². The van der Waals surface area contributed by atoms with Crippen molar-refractivity contribution in [3.63, 3.8) is 0 Å². The van der Waals surface area contributed by atoms with E-state index in [1.165, 1.54) is 7.11 Å². The largest absolute Gasteiger partial charge is 0.469 e. The molecule has 1 saturated carbocycles. The summed E-state index contributed by atoms with van der Waals surface area (Å²) in [7, 11) is 1.41. The van der Waals surface area contributed by atoms with Gasteiger partial charge in [0, 0.05) is 19.2 Å². The highest BCUT2D eigenvalue weighted by molar-refractivity contribution is 5.72. The number of carbonyl (C=O) groups excluding carboxylic acids is 1. The summed E-state index contributed by atoms with van der Waals surface area (Å²) in [6, 6.07) is 0.363. The van der Waals surface area contributed by atoms with Gasteiger partial charge in [0.25, 0.3) is 0 Å². The summed E-state index contributed by atoms with van der Waals surface area (Å²) in [6.45, 7) is 2.72. The Labute approximate surface area is 91.0 Å². The third kappa shape index (κ3) is 3.47. The molecule has 0 amide bonds. The van der Waals surface area contributed by atoms with Gasteiger partial charge in [-0.15, -0.1) is 0 Å². The molecule has 0 aliphatic heterocycles. The molecule has 0 spiro atoms. The van der Waals surface area contributed by atoms with Crippen LogP contribution in [-0.4, -0.2) is 37.4 Å². The number of hydrogen-bond acceptors (Lipinski definition) is 4. The molecule has 0 saturated heterocycles. The number of methoxy groups -OCH3 is 1. The average Bonchev–Trinajstić information content (AvgIpc) is 2.71. The number of carbonyl (C=O) groups is 1. The Morgan fingerprint density at radius 1 is 1.60 bits per heavy atom. The summed E-state index contributed by atoms with van der Waals surface area (Å²) in [5, 5.41) is 12.5. The second-order valence-electron chi connectivity index (χ2n) is 4.31. The van der Waals surface area contributed by atoms with Crippen LogP contribution in [0.15, 0.2) is 0 Å². The molecule has 0 aromatic rings. The van der Waals surface area contributed by atoms with E-state index in [0.717, 1.165) is 19.3 Å². The van der Waals surface area contributed by atoms with Crippen molar-refractivity contribution < 1.29 is 14.6 Å². The second-order valence-corrected chi connectivity index (χ2v) is 4.31. The van der Waals surface area contributed by atoms with Crippen LogP contribution in [-0.2, 0) is 9.53 Å². The minimum absolute atomic E-state index is 0.116. The van der Waals surface area contributed by atoms with Crippen molar-refractivity contribution in [1.29, 1.82) is 0 Å². The molecule has 0 aromatic carbocycles. The van der Waals surface area contributed by atoms with Crippen molar-refractivity contribution in [2.45, 2.75) is 32.2 Å². The lowest BCUT2D eigenvalue weighted by Gasteiger charge is -2.20. The number of aliphatic hydroxyl groups excluding tert-OH is 1. The molecule has 3 unspecified atom stereocenters. The van der Waals surface area contributed by atoms with Gasteiger partial charge in [-0.1, -0.05) is 13.3 Å². The van der Waals surface area contributed by atoms with Crippen LogP contribution in [0.25, 0.3) is 0 Å². The number of esters is 1. The minimum Gasteiger partial charge on any atom is -0.469 e. The van der Waals surface area contributed by atoms with Crippen LogP contribution >= 0.6 is 0 Å². The van der Waals surface area contributed by atoms with E-state index in [2.05, 4.69) is 10.1 Å². The fourth-order valence-corrected chi connectivity index (χ4v) is 2.14. The van der Waals surface area contributed by atoms with Crippen molar-refractivity contribution in [3.05, 3.63) is 0 Å². The lowest BCUT2D eigenvalue weighted by Crippen LogP contribution is -2.38. The Kier molecular flexibility index (Phi) is 5.05. The van der Waals surface area contributed by atoms with Gasteiger partial charge >= 0.3 is 5.97 Å². The highest BCUT2D eigenvalue weighted by atomic mass is 16.5. The zero-order valence-corrected chi connectivity index (χ0v) is 9.53. The summed E-state index contributed by atoms with van der Waals surface area (Å²) >= 11 is 0. The number of nitrogens with one attached hydrogen (secondary N) is 1. The van der Waals surface area contributed by atoms with Gasteiger partial charge < -0.3 is 15.2 Å². The van der Waals surface area contributed by atoms with E-state index >= 15 is 0 Å². The maximum atomic E-state index is 11.2. The summed E-state index contributed by atoms with van der Waals surface area (Å²) in [5.74, 6) is 0.0610. The molecule has 1 rings (SSSR count). The van der Waals surface area contributed by atoms with Crippen LogP contribution in [0.5, 0.6) is 0 Å². The van der Waals surface area contributed by atoms with Crippen molar-refractivity contribution in [3.8, 4) is 0 Å². The highest BCUT2D eigenvalue weighted by Gasteiger charge is 2.27. The maximum absolute atomic E-state index is 11.2. The molecule has 15 heavy (non-hydrogen) atoms. The molecular formula is C11H21NO3.